The summed E-state index contributed by atoms with van der Waals surface area (Å²) in [5.41, 5.74) is 1.04. The summed E-state index contributed by atoms with van der Waals surface area (Å²) in [6.45, 7) is 7.16. The second kappa shape index (κ2) is 10.8. The third kappa shape index (κ3) is 4.93. The van der Waals surface area contributed by atoms with Gasteiger partial charge >= 0.3 is 0 Å². The summed E-state index contributed by atoms with van der Waals surface area (Å²) in [6, 6.07) is 3.20. The molecule has 0 aliphatic heterocycles. The van der Waals surface area contributed by atoms with Crippen molar-refractivity contribution in [3.05, 3.63) is 22.2 Å². The van der Waals surface area contributed by atoms with Crippen LogP contribution in [0.15, 0.2) is 22.4 Å². The van der Waals surface area contributed by atoms with Crippen molar-refractivity contribution in [2.45, 2.75) is 97.2 Å². The van der Waals surface area contributed by atoms with Crippen LogP contribution in [0.1, 0.15) is 85.0 Å². The second-order valence-corrected chi connectivity index (χ2v) is 15.0. The summed E-state index contributed by atoms with van der Waals surface area (Å²) in [5.74, 6) is 2.13. The van der Waals surface area contributed by atoms with E-state index >= 15 is 0 Å². The third-order valence-electron chi connectivity index (χ3n) is 12.3. The predicted octanol–water partition coefficient (Wildman–Crippen LogP) is 8.20. The van der Waals surface area contributed by atoms with Crippen LogP contribution in [0.5, 0.6) is 5.88 Å². The predicted molar refractivity (Wildman–Crippen MR) is 161 cm³/mol. The highest BCUT2D eigenvalue weighted by atomic mass is 35.5. The molecular formula is C32H43Cl2N3O4. The molecule has 1 amide bonds. The van der Waals surface area contributed by atoms with E-state index in [-0.39, 0.29) is 40.5 Å². The standard InChI is InChI=1S/C32H43Cl2N3O4/c1-16(4-7-26(40)36-37-29-20-14-18(33)15-24(34)28(20)35-30(29)41)21-5-6-22-27-23(9-11-32(21,22)3)31(2)10-8-19(38)12-17(31)13-25(27)39/h14-17,19,21-23,25,27,35,38-39,41H,4-13H2,1-3H3/t16-,17+,19-,21-,22+,23+,25+,27+,31-,32+/m0/s1. The molecule has 0 unspecified atom stereocenters. The quantitative estimate of drug-likeness (QED) is 0.257. The monoisotopic (exact) mass is 603 g/mol. The van der Waals surface area contributed by atoms with Gasteiger partial charge in [0.25, 0.3) is 5.91 Å². The fourth-order valence-corrected chi connectivity index (χ4v) is 10.7. The molecular weight excluding hydrogens is 561 g/mol. The number of aromatic amines is 1. The molecule has 4 aliphatic carbocycles. The Bertz CT molecular complexity index is 1360. The number of halogens is 2. The molecule has 0 radical (unpaired) electrons. The van der Waals surface area contributed by atoms with Gasteiger partial charge in [0.05, 0.1) is 22.7 Å². The number of carbonyl (C=O) groups excluding carboxylic acids is 1. The van der Waals surface area contributed by atoms with E-state index in [9.17, 15) is 20.1 Å². The first-order valence-electron chi connectivity index (χ1n) is 15.4. The van der Waals surface area contributed by atoms with Crippen LogP contribution in [0.4, 0.5) is 5.69 Å². The molecule has 1 aromatic carbocycles. The van der Waals surface area contributed by atoms with E-state index in [1.807, 2.05) is 0 Å². The van der Waals surface area contributed by atoms with Crippen molar-refractivity contribution in [1.29, 1.82) is 0 Å². The Balaban J connectivity index is 1.11. The molecule has 4 N–H and O–H groups in total. The zero-order valence-corrected chi connectivity index (χ0v) is 25.8. The summed E-state index contributed by atoms with van der Waals surface area (Å²) >= 11 is 12.3. The zero-order chi connectivity index (χ0) is 29.3. The maximum Gasteiger partial charge on any atom is 0.264 e. The van der Waals surface area contributed by atoms with Gasteiger partial charge in [0.2, 0.25) is 5.88 Å². The topological polar surface area (TPSA) is 118 Å². The fourth-order valence-electron chi connectivity index (χ4n) is 10.2. The smallest absolute Gasteiger partial charge is 0.264 e. The van der Waals surface area contributed by atoms with Crippen LogP contribution >= 0.6 is 23.2 Å². The van der Waals surface area contributed by atoms with Gasteiger partial charge in [0.1, 0.15) is 0 Å². The number of carbonyl (C=O) groups is 1. The van der Waals surface area contributed by atoms with E-state index < -0.39 is 0 Å². The number of rotatable bonds is 5. The van der Waals surface area contributed by atoms with Crippen molar-refractivity contribution >= 4 is 45.7 Å². The molecule has 1 heterocycles. The van der Waals surface area contributed by atoms with E-state index in [2.05, 4.69) is 36.0 Å². The maximum absolute atomic E-state index is 12.8. The molecule has 4 aliphatic rings. The Morgan fingerprint density at radius 1 is 1.07 bits per heavy atom. The van der Waals surface area contributed by atoms with Crippen molar-refractivity contribution in [3.8, 4) is 5.88 Å². The van der Waals surface area contributed by atoms with Gasteiger partial charge in [0.15, 0.2) is 5.69 Å². The van der Waals surface area contributed by atoms with E-state index in [1.165, 1.54) is 6.42 Å². The summed E-state index contributed by atoms with van der Waals surface area (Å²) in [6.07, 6.45) is 8.76. The summed E-state index contributed by atoms with van der Waals surface area (Å²) in [4.78, 5) is 15.5. The number of aliphatic hydroxyl groups is 2. The Kier molecular flexibility index (Phi) is 7.74. The molecule has 0 spiro atoms. The lowest BCUT2D eigenvalue weighted by Gasteiger charge is -2.62. The average molecular weight is 605 g/mol. The minimum atomic E-state index is -0.316. The number of nitrogens with one attached hydrogen (secondary N) is 1. The van der Waals surface area contributed by atoms with E-state index in [0.717, 1.165) is 51.4 Å². The molecule has 224 valence electrons. The molecule has 0 bridgehead atoms. The van der Waals surface area contributed by atoms with E-state index in [1.54, 1.807) is 12.1 Å². The Morgan fingerprint density at radius 3 is 2.59 bits per heavy atom. The van der Waals surface area contributed by atoms with Crippen molar-refractivity contribution in [2.75, 3.05) is 0 Å². The van der Waals surface area contributed by atoms with Crippen LogP contribution in [0.3, 0.4) is 0 Å². The normalized spacial score (nSPS) is 39.4. The number of H-pyrrole nitrogens is 1. The Hall–Kier alpha value is -1.67. The number of aromatic hydroxyl groups is 1. The first-order valence-corrected chi connectivity index (χ1v) is 16.2. The van der Waals surface area contributed by atoms with E-state index in [0.29, 0.717) is 62.9 Å². The van der Waals surface area contributed by atoms with E-state index in [4.69, 9.17) is 23.2 Å². The van der Waals surface area contributed by atoms with Crippen molar-refractivity contribution in [3.63, 3.8) is 0 Å². The number of hydrogen-bond acceptors (Lipinski definition) is 5. The Labute approximate surface area is 252 Å². The van der Waals surface area contributed by atoms with Crippen LogP contribution in [0.25, 0.3) is 10.9 Å². The minimum Gasteiger partial charge on any atom is -0.493 e. The molecule has 4 saturated carbocycles. The minimum absolute atomic E-state index is 0.156. The van der Waals surface area contributed by atoms with Gasteiger partial charge < -0.3 is 20.3 Å². The number of azo groups is 1. The van der Waals surface area contributed by atoms with Crippen molar-refractivity contribution < 1.29 is 20.1 Å². The molecule has 1 aromatic heterocycles. The lowest BCUT2D eigenvalue weighted by atomic mass is 9.43. The first kappa shape index (κ1) is 29.4. The van der Waals surface area contributed by atoms with Crippen LogP contribution in [0, 0.1) is 46.3 Å². The van der Waals surface area contributed by atoms with Gasteiger partial charge in [-0.2, -0.15) is 0 Å². The lowest BCUT2D eigenvalue weighted by Crippen LogP contribution is -2.58. The van der Waals surface area contributed by atoms with Gasteiger partial charge in [-0.25, -0.2) is 0 Å². The highest BCUT2D eigenvalue weighted by Crippen LogP contribution is 2.68. The summed E-state index contributed by atoms with van der Waals surface area (Å²) in [7, 11) is 0. The van der Waals surface area contributed by atoms with Crippen LogP contribution < -0.4 is 0 Å². The average Bonchev–Trinajstić information content (AvgIpc) is 3.43. The molecule has 2 aromatic rings. The van der Waals surface area contributed by atoms with Crippen LogP contribution in [0.2, 0.25) is 10.0 Å². The zero-order valence-electron chi connectivity index (χ0n) is 24.2. The van der Waals surface area contributed by atoms with Gasteiger partial charge in [-0.1, -0.05) is 44.0 Å². The number of benzene rings is 1. The van der Waals surface area contributed by atoms with Gasteiger partial charge in [0, 0.05) is 16.8 Å². The summed E-state index contributed by atoms with van der Waals surface area (Å²) in [5, 5.41) is 41.4. The molecule has 4 fully saturated rings. The largest absolute Gasteiger partial charge is 0.493 e. The Morgan fingerprint density at radius 2 is 1.80 bits per heavy atom. The number of hydrogen-bond donors (Lipinski definition) is 4. The third-order valence-corrected chi connectivity index (χ3v) is 12.8. The number of nitrogens with zero attached hydrogens (tertiary/aromatic N) is 2. The molecule has 10 atom stereocenters. The van der Waals surface area contributed by atoms with Crippen molar-refractivity contribution in [1.82, 2.24) is 4.98 Å². The van der Waals surface area contributed by atoms with Crippen molar-refractivity contribution in [2.24, 2.45) is 56.6 Å². The molecule has 7 nitrogen and oxygen atoms in total. The highest BCUT2D eigenvalue weighted by molar-refractivity contribution is 6.38. The number of aromatic nitrogens is 1. The van der Waals surface area contributed by atoms with Gasteiger partial charge in [-0.05, 0) is 116 Å². The molecule has 0 saturated heterocycles. The van der Waals surface area contributed by atoms with Crippen LogP contribution in [-0.2, 0) is 4.79 Å². The SMILES string of the molecule is C[C@@H](CCC(=O)N=Nc1c(O)[nH]c2c(Cl)cc(Cl)cc12)[C@@H]1CC[C@@H]2[C@H]3[C@H](O)C[C@H]4C[C@@H](O)CC[C@]4(C)[C@@H]3CC[C@@]21C. The number of fused-ring (bicyclic) bond motifs is 6. The van der Waals surface area contributed by atoms with Crippen LogP contribution in [-0.4, -0.2) is 38.4 Å². The lowest BCUT2D eigenvalue weighted by molar-refractivity contribution is -0.174. The molecule has 9 heteroatoms. The highest BCUT2D eigenvalue weighted by Gasteiger charge is 2.62. The fraction of sp³-hybridized carbons (Fsp3) is 0.719. The second-order valence-electron chi connectivity index (χ2n) is 14.2. The number of aliphatic hydroxyl groups excluding tert-OH is 2. The first-order chi connectivity index (χ1) is 19.4. The molecule has 41 heavy (non-hydrogen) atoms. The number of amides is 1. The van der Waals surface area contributed by atoms with Gasteiger partial charge in [-0.3, -0.25) is 4.79 Å². The maximum atomic E-state index is 12.8. The molecule has 6 rings (SSSR count). The summed E-state index contributed by atoms with van der Waals surface area (Å²) < 4.78 is 0. The van der Waals surface area contributed by atoms with Gasteiger partial charge in [-0.15, -0.1) is 10.2 Å².